The largest absolute Gasteiger partial charge is 0.439 e. The van der Waals surface area contributed by atoms with Crippen LogP contribution in [0.2, 0.25) is 12.6 Å². The van der Waals surface area contributed by atoms with Gasteiger partial charge in [0.2, 0.25) is 5.84 Å². The molecule has 27 heavy (non-hydrogen) atoms. The monoisotopic (exact) mass is 363 g/mol. The van der Waals surface area contributed by atoms with E-state index in [2.05, 4.69) is 54.5 Å². The first kappa shape index (κ1) is 19.2. The zero-order chi connectivity index (χ0) is 19.4. The van der Waals surface area contributed by atoms with Gasteiger partial charge in [0.1, 0.15) is 0 Å². The second-order valence-electron chi connectivity index (χ2n) is 7.56. The topological polar surface area (TPSA) is 26.6 Å². The van der Waals surface area contributed by atoms with Crippen molar-refractivity contribution in [2.75, 3.05) is 18.9 Å². The van der Waals surface area contributed by atoms with Gasteiger partial charge in [-0.25, -0.2) is 4.79 Å². The van der Waals surface area contributed by atoms with Crippen LogP contribution in [0.3, 0.4) is 0 Å². The Morgan fingerprint density at radius 1 is 0.889 bits per heavy atom. The minimum absolute atomic E-state index is 0.0556. The molecule has 0 radical (unpaired) electrons. The molecule has 142 valence electrons. The highest BCUT2D eigenvalue weighted by atomic mass is 16.2. The van der Waals surface area contributed by atoms with Crippen molar-refractivity contribution >= 4 is 24.0 Å². The Hall–Kier alpha value is -2.56. The van der Waals surface area contributed by atoms with Gasteiger partial charge in [-0.1, -0.05) is 63.1 Å². The van der Waals surface area contributed by atoms with E-state index in [0.717, 1.165) is 42.6 Å². The molecule has 4 nitrogen and oxygen atoms in total. The van der Waals surface area contributed by atoms with Crippen LogP contribution >= 0.6 is 0 Å². The average molecular weight is 363 g/mol. The molecule has 2 amide bonds. The molecule has 0 atom stereocenters. The Morgan fingerprint density at radius 2 is 1.41 bits per heavy atom. The van der Waals surface area contributed by atoms with Gasteiger partial charge in [-0.3, -0.25) is 0 Å². The highest BCUT2D eigenvalue weighted by Crippen LogP contribution is 2.34. The van der Waals surface area contributed by atoms with Crippen molar-refractivity contribution in [1.29, 1.82) is 0 Å². The molecule has 1 aliphatic rings. The number of carbonyl (C=O) groups excluding carboxylic acids is 1. The van der Waals surface area contributed by atoms with Crippen LogP contribution in [0.15, 0.2) is 60.7 Å². The van der Waals surface area contributed by atoms with E-state index in [1.54, 1.807) is 4.90 Å². The van der Waals surface area contributed by atoms with E-state index in [-0.39, 0.29) is 6.03 Å². The molecule has 0 aromatic heterocycles. The Morgan fingerprint density at radius 3 is 1.93 bits per heavy atom. The predicted octanol–water partition coefficient (Wildman–Crippen LogP) is 4.91. The van der Waals surface area contributed by atoms with E-state index in [1.807, 2.05) is 43.4 Å². The number of hydrogen-bond donors (Lipinski definition) is 0. The highest BCUT2D eigenvalue weighted by molar-refractivity contribution is 6.80. The molecule has 0 unspecified atom stereocenters. The second-order valence-corrected chi connectivity index (χ2v) is 7.56. The summed E-state index contributed by atoms with van der Waals surface area (Å²) >= 11 is 0. The van der Waals surface area contributed by atoms with Gasteiger partial charge in [-0.15, -0.1) is 12.6 Å². The maximum atomic E-state index is 13.6. The first-order chi connectivity index (χ1) is 13.1. The lowest BCUT2D eigenvalue weighted by molar-refractivity contribution is -0.373. The van der Waals surface area contributed by atoms with Crippen LogP contribution < -0.4 is 4.81 Å². The first-order valence-electron chi connectivity index (χ1n) is 10.0. The molecule has 0 spiro atoms. The Labute approximate surface area is 163 Å². The normalized spacial score (nSPS) is 16.8. The summed E-state index contributed by atoms with van der Waals surface area (Å²) in [5.74, 6) is 0.995. The fourth-order valence-corrected chi connectivity index (χ4v) is 4.77. The van der Waals surface area contributed by atoms with Crippen molar-refractivity contribution in [3.8, 4) is 0 Å². The van der Waals surface area contributed by atoms with E-state index in [4.69, 9.17) is 0 Å². The Balaban J connectivity index is 2.28. The fraction of sp³-hybridized carbons (Fsp3) is 0.364. The zero-order valence-corrected chi connectivity index (χ0v) is 16.9. The van der Waals surface area contributed by atoms with Gasteiger partial charge in [0.05, 0.1) is 12.6 Å². The number of amidine groups is 1. The molecular weight excluding hydrogens is 333 g/mol. The summed E-state index contributed by atoms with van der Waals surface area (Å²) in [5.41, 5.74) is 2.07. The molecule has 0 aliphatic carbocycles. The highest BCUT2D eigenvalue weighted by Gasteiger charge is 2.49. The molecule has 2 aromatic carbocycles. The number of hydrogen-bond acceptors (Lipinski definition) is 1. The standard InChI is InChI=1S/C22H30BN3O/c1-5-17-23(18-6-2)25(4)21(19-13-9-7-10-14-19)24(3)22(27)26(23)20-15-11-8-12-16-20/h7-16H,5-6,17-18H2,1-4H3. The van der Waals surface area contributed by atoms with Gasteiger partial charge in [0.25, 0.3) is 6.42 Å². The summed E-state index contributed by atoms with van der Waals surface area (Å²) in [6.45, 7) is 4.42. The number of benzene rings is 2. The number of para-hydroxylation sites is 1. The summed E-state index contributed by atoms with van der Waals surface area (Å²) in [6.07, 6.45) is 2.80. The summed E-state index contributed by atoms with van der Waals surface area (Å²) < 4.78 is 2.39. The Bertz CT molecular complexity index is 814. The Kier molecular flexibility index (Phi) is 5.69. The van der Waals surface area contributed by atoms with Crippen molar-refractivity contribution in [2.45, 2.75) is 39.3 Å². The molecule has 0 bridgehead atoms. The van der Waals surface area contributed by atoms with E-state index in [1.165, 1.54) is 0 Å². The summed E-state index contributed by atoms with van der Waals surface area (Å²) in [5, 5.41) is 0. The van der Waals surface area contributed by atoms with Crippen molar-refractivity contribution in [2.24, 2.45) is 0 Å². The van der Waals surface area contributed by atoms with Crippen LogP contribution in [-0.4, -0.2) is 41.8 Å². The van der Waals surface area contributed by atoms with Crippen LogP contribution in [0, 0.1) is 0 Å². The van der Waals surface area contributed by atoms with Crippen LogP contribution in [0.1, 0.15) is 32.3 Å². The lowest BCUT2D eigenvalue weighted by Gasteiger charge is -2.52. The van der Waals surface area contributed by atoms with E-state index in [9.17, 15) is 4.79 Å². The first-order valence-corrected chi connectivity index (χ1v) is 10.0. The molecule has 0 fully saturated rings. The zero-order valence-electron chi connectivity index (χ0n) is 16.9. The number of nitrogens with zero attached hydrogens (tertiary/aromatic N) is 3. The quantitative estimate of drug-likeness (QED) is 0.670. The number of carbonyl (C=O) groups is 1. The molecule has 0 N–H and O–H groups in total. The van der Waals surface area contributed by atoms with Gasteiger partial charge in [0, 0.05) is 12.7 Å². The van der Waals surface area contributed by atoms with Crippen molar-refractivity contribution in [3.63, 3.8) is 0 Å². The molecule has 1 aliphatic heterocycles. The molecule has 5 heteroatoms. The summed E-state index contributed by atoms with van der Waals surface area (Å²) in [6, 6.07) is 20.4. The predicted molar refractivity (Wildman–Crippen MR) is 115 cm³/mol. The van der Waals surface area contributed by atoms with Gasteiger partial charge < -0.3 is 9.30 Å². The maximum absolute atomic E-state index is 13.6. The van der Waals surface area contributed by atoms with E-state index < -0.39 is 6.42 Å². The molecule has 3 rings (SSSR count). The van der Waals surface area contributed by atoms with Gasteiger partial charge in [-0.05, 0) is 24.3 Å². The fourth-order valence-electron chi connectivity index (χ4n) is 4.77. The molecule has 2 aromatic rings. The van der Waals surface area contributed by atoms with Gasteiger partial charge >= 0.3 is 6.03 Å². The average Bonchev–Trinajstić information content (AvgIpc) is 2.69. The van der Waals surface area contributed by atoms with Gasteiger partial charge in [-0.2, -0.15) is 4.90 Å². The van der Waals surface area contributed by atoms with Crippen molar-refractivity contribution in [3.05, 3.63) is 66.2 Å². The summed E-state index contributed by atoms with van der Waals surface area (Å²) in [4.78, 5) is 17.5. The number of rotatable bonds is 6. The van der Waals surface area contributed by atoms with Crippen LogP contribution in [0.5, 0.6) is 0 Å². The number of urea groups is 1. The third kappa shape index (κ3) is 3.27. The smallest absolute Gasteiger partial charge is 0.378 e. The number of amides is 2. The van der Waals surface area contributed by atoms with Crippen LogP contribution in [0.25, 0.3) is 0 Å². The molecular formula is C22H30BN3O. The lowest BCUT2D eigenvalue weighted by Crippen LogP contribution is -2.72. The number of anilines is 1. The van der Waals surface area contributed by atoms with Crippen LogP contribution in [0.4, 0.5) is 10.5 Å². The second kappa shape index (κ2) is 7.99. The van der Waals surface area contributed by atoms with Gasteiger partial charge in [0.15, 0.2) is 0 Å². The third-order valence-electron chi connectivity index (χ3n) is 5.91. The van der Waals surface area contributed by atoms with E-state index >= 15 is 0 Å². The molecule has 1 heterocycles. The minimum Gasteiger partial charge on any atom is -0.439 e. The van der Waals surface area contributed by atoms with E-state index in [0.29, 0.717) is 0 Å². The lowest BCUT2D eigenvalue weighted by atomic mass is 9.38. The third-order valence-corrected chi connectivity index (χ3v) is 5.91. The van der Waals surface area contributed by atoms with Crippen molar-refractivity contribution in [1.82, 2.24) is 4.90 Å². The maximum Gasteiger partial charge on any atom is 0.378 e. The summed E-state index contributed by atoms with van der Waals surface area (Å²) in [7, 11) is 4.04. The minimum atomic E-state index is -1.23. The SMILES string of the molecule is CCC[B-]1(CCC)N(c2ccccc2)C(=O)N(C)C(c2ccccc2)=[N+]1C. The molecule has 0 saturated heterocycles. The van der Waals surface area contributed by atoms with Crippen LogP contribution in [-0.2, 0) is 0 Å². The molecule has 0 saturated carbocycles. The van der Waals surface area contributed by atoms with Crippen molar-refractivity contribution < 1.29 is 9.28 Å².